The maximum absolute atomic E-state index is 9.22. The Kier molecular flexibility index (Phi) is 3.25. The Hall–Kier alpha value is -1.28. The Morgan fingerprint density at radius 3 is 2.35 bits per heavy atom. The predicted octanol–water partition coefficient (Wildman–Crippen LogP) is 3.12. The van der Waals surface area contributed by atoms with E-state index in [0.29, 0.717) is 6.54 Å². The second kappa shape index (κ2) is 4.53. The Morgan fingerprint density at radius 2 is 1.76 bits per heavy atom. The average molecular weight is 231 g/mol. The van der Waals surface area contributed by atoms with E-state index in [1.807, 2.05) is 0 Å². The molecule has 1 aromatic heterocycles. The molecule has 0 aliphatic heterocycles. The van der Waals surface area contributed by atoms with Gasteiger partial charge < -0.3 is 9.67 Å². The fourth-order valence-electron chi connectivity index (χ4n) is 2.85. The van der Waals surface area contributed by atoms with E-state index < -0.39 is 0 Å². The van der Waals surface area contributed by atoms with Crippen LogP contribution in [-0.4, -0.2) is 16.3 Å². The van der Waals surface area contributed by atoms with Gasteiger partial charge in [-0.2, -0.15) is 0 Å². The summed E-state index contributed by atoms with van der Waals surface area (Å²) in [4.78, 5) is 0. The summed E-state index contributed by atoms with van der Waals surface area (Å²) >= 11 is 0. The molecule has 92 valence electrons. The zero-order valence-electron chi connectivity index (χ0n) is 11.2. The van der Waals surface area contributed by atoms with Crippen LogP contribution in [0.25, 0.3) is 10.9 Å². The first-order chi connectivity index (χ1) is 8.11. The number of aliphatic hydroxyl groups is 1. The van der Waals surface area contributed by atoms with E-state index >= 15 is 0 Å². The Bertz CT molecular complexity index is 552. The average Bonchev–Trinajstić information content (AvgIpc) is 2.59. The van der Waals surface area contributed by atoms with Crippen LogP contribution in [0.1, 0.15) is 29.3 Å². The summed E-state index contributed by atoms with van der Waals surface area (Å²) < 4.78 is 2.26. The maximum Gasteiger partial charge on any atom is 0.0610 e. The molecule has 2 heteroatoms. The number of aryl methyl sites for hydroxylation is 3. The second-order valence-corrected chi connectivity index (χ2v) is 4.72. The molecule has 0 spiro atoms. The molecular weight excluding hydrogens is 210 g/mol. The van der Waals surface area contributed by atoms with Crippen LogP contribution in [0.15, 0.2) is 12.1 Å². The topological polar surface area (TPSA) is 25.2 Å². The number of hydrogen-bond donors (Lipinski definition) is 1. The van der Waals surface area contributed by atoms with Gasteiger partial charge in [-0.1, -0.05) is 19.1 Å². The molecule has 1 N–H and O–H groups in total. The Balaban J connectivity index is 2.89. The zero-order chi connectivity index (χ0) is 12.6. The number of nitrogens with zero attached hydrogens (tertiary/aromatic N) is 1. The summed E-state index contributed by atoms with van der Waals surface area (Å²) in [5.41, 5.74) is 6.65. The first-order valence-electron chi connectivity index (χ1n) is 6.30. The molecule has 1 aromatic carbocycles. The van der Waals surface area contributed by atoms with Gasteiger partial charge in [0.25, 0.3) is 0 Å². The molecule has 0 saturated carbocycles. The number of fused-ring (bicyclic) bond motifs is 1. The predicted molar refractivity (Wildman–Crippen MR) is 72.6 cm³/mol. The van der Waals surface area contributed by atoms with E-state index in [1.165, 1.54) is 33.3 Å². The monoisotopic (exact) mass is 231 g/mol. The van der Waals surface area contributed by atoms with Crippen molar-refractivity contribution in [1.82, 2.24) is 4.57 Å². The lowest BCUT2D eigenvalue weighted by molar-refractivity contribution is 0.277. The molecule has 0 aliphatic rings. The normalized spacial score (nSPS) is 11.4. The Labute approximate surface area is 103 Å². The van der Waals surface area contributed by atoms with Gasteiger partial charge >= 0.3 is 0 Å². The second-order valence-electron chi connectivity index (χ2n) is 4.72. The van der Waals surface area contributed by atoms with Crippen LogP contribution in [0.2, 0.25) is 0 Å². The molecule has 1 heterocycles. The van der Waals surface area contributed by atoms with Crippen molar-refractivity contribution in [2.24, 2.45) is 0 Å². The molecular formula is C15H21NO. The summed E-state index contributed by atoms with van der Waals surface area (Å²) in [5, 5.41) is 10.6. The summed E-state index contributed by atoms with van der Waals surface area (Å²) in [6, 6.07) is 4.37. The van der Waals surface area contributed by atoms with Gasteiger partial charge in [-0.25, -0.2) is 0 Å². The van der Waals surface area contributed by atoms with Crippen molar-refractivity contribution in [2.45, 2.75) is 40.7 Å². The maximum atomic E-state index is 9.22. The van der Waals surface area contributed by atoms with Crippen molar-refractivity contribution >= 4 is 10.9 Å². The lowest BCUT2D eigenvalue weighted by Crippen LogP contribution is -2.04. The summed E-state index contributed by atoms with van der Waals surface area (Å²) in [5.74, 6) is 0. The number of rotatable bonds is 3. The highest BCUT2D eigenvalue weighted by atomic mass is 16.3. The zero-order valence-corrected chi connectivity index (χ0v) is 11.2. The molecule has 0 saturated heterocycles. The van der Waals surface area contributed by atoms with E-state index in [2.05, 4.69) is 44.4 Å². The minimum absolute atomic E-state index is 0.196. The van der Waals surface area contributed by atoms with Crippen molar-refractivity contribution in [2.75, 3.05) is 6.61 Å². The Morgan fingerprint density at radius 1 is 1.12 bits per heavy atom. The standard InChI is InChI=1S/C15H21NO/c1-5-13-12(4)16(8-9-17)15-11(3)7-6-10(2)14(13)15/h6-7,17H,5,8-9H2,1-4H3. The van der Waals surface area contributed by atoms with Gasteiger partial charge in [0, 0.05) is 17.6 Å². The number of hydrogen-bond acceptors (Lipinski definition) is 1. The highest BCUT2D eigenvalue weighted by Gasteiger charge is 2.15. The van der Waals surface area contributed by atoms with Gasteiger partial charge in [0.05, 0.1) is 12.1 Å². The van der Waals surface area contributed by atoms with Crippen LogP contribution in [0.4, 0.5) is 0 Å². The van der Waals surface area contributed by atoms with Crippen molar-refractivity contribution in [3.05, 3.63) is 34.5 Å². The molecule has 0 fully saturated rings. The molecule has 2 aromatic rings. The molecule has 2 nitrogen and oxygen atoms in total. The fraction of sp³-hybridized carbons (Fsp3) is 0.467. The van der Waals surface area contributed by atoms with Gasteiger partial charge in [0.15, 0.2) is 0 Å². The van der Waals surface area contributed by atoms with Gasteiger partial charge in [-0.05, 0) is 43.9 Å². The molecule has 0 atom stereocenters. The SMILES string of the molecule is CCc1c(C)n(CCO)c2c(C)ccc(C)c12. The van der Waals surface area contributed by atoms with Crippen LogP contribution in [0, 0.1) is 20.8 Å². The molecule has 2 rings (SSSR count). The third kappa shape index (κ3) is 1.77. The smallest absolute Gasteiger partial charge is 0.0610 e. The highest BCUT2D eigenvalue weighted by molar-refractivity contribution is 5.91. The minimum atomic E-state index is 0.196. The van der Waals surface area contributed by atoms with Crippen LogP contribution < -0.4 is 0 Å². The summed E-state index contributed by atoms with van der Waals surface area (Å²) in [7, 11) is 0. The third-order valence-electron chi connectivity index (χ3n) is 3.68. The summed E-state index contributed by atoms with van der Waals surface area (Å²) in [6.07, 6.45) is 1.05. The number of aromatic nitrogens is 1. The highest BCUT2D eigenvalue weighted by Crippen LogP contribution is 2.31. The quantitative estimate of drug-likeness (QED) is 0.862. The number of benzene rings is 1. The van der Waals surface area contributed by atoms with E-state index in [-0.39, 0.29) is 6.61 Å². The lowest BCUT2D eigenvalue weighted by atomic mass is 10.0. The van der Waals surface area contributed by atoms with Crippen LogP contribution in [0.5, 0.6) is 0 Å². The van der Waals surface area contributed by atoms with Gasteiger partial charge in [0.1, 0.15) is 0 Å². The van der Waals surface area contributed by atoms with Crippen LogP contribution in [0.3, 0.4) is 0 Å². The lowest BCUT2D eigenvalue weighted by Gasteiger charge is -2.08. The molecule has 0 bridgehead atoms. The van der Waals surface area contributed by atoms with E-state index in [0.717, 1.165) is 6.42 Å². The van der Waals surface area contributed by atoms with Crippen molar-refractivity contribution in [1.29, 1.82) is 0 Å². The van der Waals surface area contributed by atoms with Crippen LogP contribution >= 0.6 is 0 Å². The molecule has 0 aliphatic carbocycles. The minimum Gasteiger partial charge on any atom is -0.395 e. The molecule has 0 unspecified atom stereocenters. The fourth-order valence-corrected chi connectivity index (χ4v) is 2.85. The number of aliphatic hydroxyl groups excluding tert-OH is 1. The van der Waals surface area contributed by atoms with Crippen molar-refractivity contribution < 1.29 is 5.11 Å². The van der Waals surface area contributed by atoms with E-state index in [4.69, 9.17) is 0 Å². The van der Waals surface area contributed by atoms with Crippen molar-refractivity contribution in [3.63, 3.8) is 0 Å². The molecule has 0 radical (unpaired) electrons. The summed E-state index contributed by atoms with van der Waals surface area (Å²) in [6.45, 7) is 9.56. The first kappa shape index (κ1) is 12.2. The van der Waals surface area contributed by atoms with E-state index in [1.54, 1.807) is 0 Å². The van der Waals surface area contributed by atoms with Gasteiger partial charge in [-0.3, -0.25) is 0 Å². The van der Waals surface area contributed by atoms with E-state index in [9.17, 15) is 5.11 Å². The van der Waals surface area contributed by atoms with Gasteiger partial charge in [0.2, 0.25) is 0 Å². The third-order valence-corrected chi connectivity index (χ3v) is 3.68. The van der Waals surface area contributed by atoms with Crippen LogP contribution in [-0.2, 0) is 13.0 Å². The van der Waals surface area contributed by atoms with Gasteiger partial charge in [-0.15, -0.1) is 0 Å². The molecule has 17 heavy (non-hydrogen) atoms. The largest absolute Gasteiger partial charge is 0.395 e. The molecule has 0 amide bonds. The first-order valence-corrected chi connectivity index (χ1v) is 6.30. The van der Waals surface area contributed by atoms with Crippen molar-refractivity contribution in [3.8, 4) is 0 Å².